The summed E-state index contributed by atoms with van der Waals surface area (Å²) in [6.45, 7) is 1.61. The number of primary amides is 1. The number of carboxylic acid groups (broad SMARTS) is 1. The Bertz CT molecular complexity index is 267. The Morgan fingerprint density at radius 3 is 2.27 bits per heavy atom. The monoisotopic (exact) mass is 217 g/mol. The molecule has 0 aliphatic carbocycles. The highest BCUT2D eigenvalue weighted by molar-refractivity contribution is 5.90. The van der Waals surface area contributed by atoms with Gasteiger partial charge >= 0.3 is 5.97 Å². The summed E-state index contributed by atoms with van der Waals surface area (Å²) in [6, 6.07) is -2.09. The standard InChI is InChI=1S/C8H15N3O4/c1-2-5(8(14)15)11-7(13)4(9)3-6(10)12/h4-5H,2-3,9H2,1H3,(H2,10,12)(H,11,13)(H,14,15)/t4?,5-/m0/s1. The molecule has 0 aromatic heterocycles. The average molecular weight is 217 g/mol. The Hall–Kier alpha value is -1.63. The average Bonchev–Trinajstić information content (AvgIpc) is 2.11. The van der Waals surface area contributed by atoms with Gasteiger partial charge < -0.3 is 21.9 Å². The first-order valence-corrected chi connectivity index (χ1v) is 4.45. The van der Waals surface area contributed by atoms with Crippen molar-refractivity contribution in [3.8, 4) is 0 Å². The van der Waals surface area contributed by atoms with Gasteiger partial charge in [0.15, 0.2) is 0 Å². The Kier molecular flexibility index (Phi) is 5.32. The van der Waals surface area contributed by atoms with Crippen molar-refractivity contribution < 1.29 is 19.5 Å². The Balaban J connectivity index is 4.21. The topological polar surface area (TPSA) is 136 Å². The SMILES string of the molecule is CC[C@H](NC(=O)C(N)CC(N)=O)C(=O)O. The van der Waals surface area contributed by atoms with Gasteiger partial charge in [0.05, 0.1) is 12.5 Å². The highest BCUT2D eigenvalue weighted by Gasteiger charge is 2.22. The highest BCUT2D eigenvalue weighted by atomic mass is 16.4. The van der Waals surface area contributed by atoms with E-state index in [4.69, 9.17) is 16.6 Å². The van der Waals surface area contributed by atoms with Crippen LogP contribution < -0.4 is 16.8 Å². The molecule has 1 unspecified atom stereocenters. The van der Waals surface area contributed by atoms with Crippen LogP contribution in [0.2, 0.25) is 0 Å². The molecule has 15 heavy (non-hydrogen) atoms. The van der Waals surface area contributed by atoms with Crippen LogP contribution in [0.3, 0.4) is 0 Å². The predicted molar refractivity (Wildman–Crippen MR) is 51.6 cm³/mol. The Morgan fingerprint density at radius 1 is 1.40 bits per heavy atom. The Morgan fingerprint density at radius 2 is 1.93 bits per heavy atom. The van der Waals surface area contributed by atoms with Gasteiger partial charge in [-0.25, -0.2) is 4.79 Å². The largest absolute Gasteiger partial charge is 0.480 e. The summed E-state index contributed by atoms with van der Waals surface area (Å²) in [7, 11) is 0. The van der Waals surface area contributed by atoms with E-state index >= 15 is 0 Å². The summed E-state index contributed by atoms with van der Waals surface area (Å²) in [6.07, 6.45) is -0.0632. The van der Waals surface area contributed by atoms with Gasteiger partial charge in [-0.1, -0.05) is 6.92 Å². The number of carbonyl (C=O) groups excluding carboxylic acids is 2. The smallest absolute Gasteiger partial charge is 0.326 e. The summed E-state index contributed by atoms with van der Waals surface area (Å²) in [5, 5.41) is 10.8. The van der Waals surface area contributed by atoms with Crippen LogP contribution in [0.4, 0.5) is 0 Å². The van der Waals surface area contributed by atoms with Crippen LogP contribution in [-0.2, 0) is 14.4 Å². The van der Waals surface area contributed by atoms with Crippen molar-refractivity contribution >= 4 is 17.8 Å². The summed E-state index contributed by atoms with van der Waals surface area (Å²) in [4.78, 5) is 32.3. The van der Waals surface area contributed by atoms with Gasteiger partial charge in [0.1, 0.15) is 6.04 Å². The molecule has 2 amide bonds. The fraction of sp³-hybridized carbons (Fsp3) is 0.625. The normalized spacial score (nSPS) is 14.0. The van der Waals surface area contributed by atoms with Crippen molar-refractivity contribution in [2.75, 3.05) is 0 Å². The van der Waals surface area contributed by atoms with E-state index in [1.807, 2.05) is 0 Å². The third kappa shape index (κ3) is 4.96. The van der Waals surface area contributed by atoms with Gasteiger partial charge in [0, 0.05) is 0 Å². The van der Waals surface area contributed by atoms with Gasteiger partial charge in [-0.15, -0.1) is 0 Å². The number of hydrogen-bond acceptors (Lipinski definition) is 4. The maximum Gasteiger partial charge on any atom is 0.326 e. The molecule has 2 atom stereocenters. The third-order valence-electron chi connectivity index (χ3n) is 1.78. The van der Waals surface area contributed by atoms with Crippen molar-refractivity contribution in [2.45, 2.75) is 31.8 Å². The third-order valence-corrected chi connectivity index (χ3v) is 1.78. The van der Waals surface area contributed by atoms with E-state index in [2.05, 4.69) is 5.32 Å². The first kappa shape index (κ1) is 13.4. The summed E-state index contributed by atoms with van der Waals surface area (Å²) >= 11 is 0. The minimum atomic E-state index is -1.14. The van der Waals surface area contributed by atoms with Crippen LogP contribution in [-0.4, -0.2) is 35.0 Å². The zero-order chi connectivity index (χ0) is 12.0. The molecule has 0 aliphatic heterocycles. The minimum absolute atomic E-state index is 0.240. The van der Waals surface area contributed by atoms with Crippen LogP contribution >= 0.6 is 0 Å². The number of carbonyl (C=O) groups is 3. The van der Waals surface area contributed by atoms with Crippen LogP contribution in [0.1, 0.15) is 19.8 Å². The van der Waals surface area contributed by atoms with Crippen LogP contribution in [0, 0.1) is 0 Å². The maximum atomic E-state index is 11.2. The van der Waals surface area contributed by atoms with Gasteiger partial charge in [-0.2, -0.15) is 0 Å². The molecule has 7 nitrogen and oxygen atoms in total. The molecule has 86 valence electrons. The van der Waals surface area contributed by atoms with E-state index in [1.165, 1.54) is 0 Å². The molecule has 0 saturated heterocycles. The number of hydrogen-bond donors (Lipinski definition) is 4. The molecule has 0 bridgehead atoms. The molecular weight excluding hydrogens is 202 g/mol. The predicted octanol–water partition coefficient (Wildman–Crippen LogP) is -1.83. The van der Waals surface area contributed by atoms with E-state index in [0.29, 0.717) is 0 Å². The lowest BCUT2D eigenvalue weighted by molar-refractivity contribution is -0.142. The first-order valence-electron chi connectivity index (χ1n) is 4.45. The number of rotatable bonds is 6. The van der Waals surface area contributed by atoms with E-state index < -0.39 is 29.9 Å². The number of amides is 2. The van der Waals surface area contributed by atoms with Gasteiger partial charge in [0.25, 0.3) is 0 Å². The number of nitrogens with one attached hydrogen (secondary N) is 1. The molecule has 0 aliphatic rings. The minimum Gasteiger partial charge on any atom is -0.480 e. The Labute approximate surface area is 86.8 Å². The van der Waals surface area contributed by atoms with Crippen molar-refractivity contribution in [1.29, 1.82) is 0 Å². The van der Waals surface area contributed by atoms with Crippen molar-refractivity contribution in [3.63, 3.8) is 0 Å². The molecule has 0 rings (SSSR count). The summed E-state index contributed by atoms with van der Waals surface area (Å²) in [5.41, 5.74) is 10.2. The molecule has 0 aromatic carbocycles. The van der Waals surface area contributed by atoms with Gasteiger partial charge in [-0.3, -0.25) is 9.59 Å². The lowest BCUT2D eigenvalue weighted by atomic mass is 10.1. The van der Waals surface area contributed by atoms with Crippen molar-refractivity contribution in [1.82, 2.24) is 5.32 Å². The number of carboxylic acids is 1. The summed E-state index contributed by atoms with van der Waals surface area (Å²) < 4.78 is 0. The molecule has 0 aromatic rings. The van der Waals surface area contributed by atoms with Crippen molar-refractivity contribution in [3.05, 3.63) is 0 Å². The van der Waals surface area contributed by atoms with Crippen molar-refractivity contribution in [2.24, 2.45) is 11.5 Å². The summed E-state index contributed by atoms with van der Waals surface area (Å²) in [5.74, 6) is -2.54. The van der Waals surface area contributed by atoms with Gasteiger partial charge in [0.2, 0.25) is 11.8 Å². The molecule has 0 fully saturated rings. The van der Waals surface area contributed by atoms with E-state index in [0.717, 1.165) is 0 Å². The second kappa shape index (κ2) is 5.97. The number of nitrogens with two attached hydrogens (primary N) is 2. The second-order valence-electron chi connectivity index (χ2n) is 3.08. The fourth-order valence-corrected chi connectivity index (χ4v) is 0.927. The lowest BCUT2D eigenvalue weighted by Gasteiger charge is -2.15. The van der Waals surface area contributed by atoms with E-state index in [-0.39, 0.29) is 12.8 Å². The molecular formula is C8H15N3O4. The second-order valence-corrected chi connectivity index (χ2v) is 3.08. The molecule has 0 heterocycles. The van der Waals surface area contributed by atoms with Crippen LogP contribution in [0.25, 0.3) is 0 Å². The highest BCUT2D eigenvalue weighted by Crippen LogP contribution is 1.94. The molecule has 7 heteroatoms. The van der Waals surface area contributed by atoms with Gasteiger partial charge in [-0.05, 0) is 6.42 Å². The maximum absolute atomic E-state index is 11.2. The molecule has 0 spiro atoms. The lowest BCUT2D eigenvalue weighted by Crippen LogP contribution is -2.49. The van der Waals surface area contributed by atoms with Crippen LogP contribution in [0.5, 0.6) is 0 Å². The van der Waals surface area contributed by atoms with E-state index in [1.54, 1.807) is 6.92 Å². The van der Waals surface area contributed by atoms with Crippen LogP contribution in [0.15, 0.2) is 0 Å². The zero-order valence-corrected chi connectivity index (χ0v) is 8.40. The van der Waals surface area contributed by atoms with E-state index in [9.17, 15) is 14.4 Å². The molecule has 6 N–H and O–H groups in total. The first-order chi connectivity index (χ1) is 6.88. The fourth-order valence-electron chi connectivity index (χ4n) is 0.927. The number of aliphatic carboxylic acids is 1. The quantitative estimate of drug-likeness (QED) is 0.415. The molecule has 0 saturated carbocycles. The zero-order valence-electron chi connectivity index (χ0n) is 8.40. The molecule has 0 radical (unpaired) electrons.